The van der Waals surface area contributed by atoms with Gasteiger partial charge in [0.05, 0.1) is 6.54 Å². The van der Waals surface area contributed by atoms with Gasteiger partial charge in [0.25, 0.3) is 0 Å². The first kappa shape index (κ1) is 15.3. The molecule has 0 spiro atoms. The first-order valence-electron chi connectivity index (χ1n) is 6.18. The van der Waals surface area contributed by atoms with E-state index in [1.54, 1.807) is 0 Å². The van der Waals surface area contributed by atoms with Crippen molar-refractivity contribution in [2.75, 3.05) is 6.54 Å². The zero-order valence-corrected chi connectivity index (χ0v) is 11.8. The molecule has 2 aromatic rings. The lowest BCUT2D eigenvalue weighted by Gasteiger charge is -2.11. The van der Waals surface area contributed by atoms with Crippen LogP contribution in [-0.4, -0.2) is 6.54 Å². The van der Waals surface area contributed by atoms with Crippen LogP contribution < -0.4 is 5.32 Å². The number of nitrogens with one attached hydrogen (secondary N) is 1. The topological polar surface area (TPSA) is 12.0 Å². The van der Waals surface area contributed by atoms with E-state index in [1.165, 1.54) is 5.56 Å². The molecule has 1 N–H and O–H groups in total. The maximum Gasteiger partial charge on any atom is 0.0584 e. The Morgan fingerprint density at radius 2 is 1.53 bits per heavy atom. The Labute approximate surface area is 121 Å². The second-order valence-electron chi connectivity index (χ2n) is 4.18. The van der Waals surface area contributed by atoms with Gasteiger partial charge in [0.2, 0.25) is 0 Å². The van der Waals surface area contributed by atoms with Crippen molar-refractivity contribution in [2.45, 2.75) is 13.0 Å². The van der Waals surface area contributed by atoms with E-state index in [0.29, 0.717) is 12.6 Å². The summed E-state index contributed by atoms with van der Waals surface area (Å²) in [7, 11) is 0. The van der Waals surface area contributed by atoms with Crippen molar-refractivity contribution in [3.05, 3.63) is 71.8 Å². The Hall–Kier alpha value is -1.75. The summed E-state index contributed by atoms with van der Waals surface area (Å²) in [5.41, 5.74) is 2.35. The van der Waals surface area contributed by atoms with Crippen LogP contribution in [0.25, 0.3) is 0 Å². The highest BCUT2D eigenvalue weighted by molar-refractivity contribution is 5.85. The molecule has 1 nitrogen and oxygen atoms in total. The van der Waals surface area contributed by atoms with Gasteiger partial charge in [0, 0.05) is 11.6 Å². The molecule has 0 aliphatic rings. The molecule has 0 saturated carbocycles. The number of hydrogen-bond acceptors (Lipinski definition) is 1. The normalized spacial score (nSPS) is 10.8. The van der Waals surface area contributed by atoms with E-state index >= 15 is 0 Å². The highest BCUT2D eigenvalue weighted by Gasteiger charge is 2.00. The Balaban J connectivity index is 0.00000180. The Morgan fingerprint density at radius 1 is 0.947 bits per heavy atom. The second-order valence-corrected chi connectivity index (χ2v) is 4.18. The summed E-state index contributed by atoms with van der Waals surface area (Å²) in [5, 5.41) is 3.40. The van der Waals surface area contributed by atoms with Gasteiger partial charge in [-0.25, -0.2) is 0 Å². The van der Waals surface area contributed by atoms with Crippen LogP contribution >= 0.6 is 12.4 Å². The summed E-state index contributed by atoms with van der Waals surface area (Å²) >= 11 is 0. The molecule has 0 amide bonds. The summed E-state index contributed by atoms with van der Waals surface area (Å²) in [6.45, 7) is 2.85. The molecule has 1 unspecified atom stereocenters. The average Bonchev–Trinajstić information content (AvgIpc) is 2.45. The molecule has 98 valence electrons. The predicted octanol–water partition coefficient (Wildman–Crippen LogP) is 3.81. The molecule has 0 aliphatic carbocycles. The molecule has 0 aliphatic heterocycles. The maximum atomic E-state index is 3.40. The van der Waals surface area contributed by atoms with Crippen LogP contribution in [0.2, 0.25) is 0 Å². The zero-order valence-electron chi connectivity index (χ0n) is 11.0. The van der Waals surface area contributed by atoms with Crippen molar-refractivity contribution in [3.8, 4) is 11.8 Å². The molecule has 0 aromatic heterocycles. The Morgan fingerprint density at radius 3 is 2.16 bits per heavy atom. The van der Waals surface area contributed by atoms with Gasteiger partial charge >= 0.3 is 0 Å². The molecule has 0 heterocycles. The molecule has 0 saturated heterocycles. The first-order chi connectivity index (χ1) is 8.86. The van der Waals surface area contributed by atoms with Crippen LogP contribution in [0.5, 0.6) is 0 Å². The van der Waals surface area contributed by atoms with E-state index in [4.69, 9.17) is 0 Å². The molecule has 2 heteroatoms. The van der Waals surface area contributed by atoms with E-state index in [0.717, 1.165) is 5.56 Å². The molecule has 0 fully saturated rings. The van der Waals surface area contributed by atoms with E-state index in [9.17, 15) is 0 Å². The number of hydrogen-bond donors (Lipinski definition) is 1. The summed E-state index contributed by atoms with van der Waals surface area (Å²) < 4.78 is 0. The van der Waals surface area contributed by atoms with Gasteiger partial charge < -0.3 is 0 Å². The van der Waals surface area contributed by atoms with Gasteiger partial charge in [-0.2, -0.15) is 0 Å². The van der Waals surface area contributed by atoms with Crippen LogP contribution in [0.15, 0.2) is 60.7 Å². The monoisotopic (exact) mass is 271 g/mol. The first-order valence-corrected chi connectivity index (χ1v) is 6.18. The van der Waals surface area contributed by atoms with E-state index in [2.05, 4.69) is 48.3 Å². The number of rotatable bonds is 3. The summed E-state index contributed by atoms with van der Waals surface area (Å²) in [4.78, 5) is 0. The lowest BCUT2D eigenvalue weighted by molar-refractivity contribution is 0.623. The van der Waals surface area contributed by atoms with Crippen molar-refractivity contribution in [3.63, 3.8) is 0 Å². The molecule has 2 rings (SSSR count). The van der Waals surface area contributed by atoms with Crippen LogP contribution in [0, 0.1) is 11.8 Å². The lowest BCUT2D eigenvalue weighted by Crippen LogP contribution is -2.18. The fraction of sp³-hybridized carbons (Fsp3) is 0.176. The average molecular weight is 272 g/mol. The maximum absolute atomic E-state index is 3.40. The van der Waals surface area contributed by atoms with Crippen molar-refractivity contribution >= 4 is 12.4 Å². The van der Waals surface area contributed by atoms with Crippen molar-refractivity contribution < 1.29 is 0 Å². The minimum atomic E-state index is 0. The van der Waals surface area contributed by atoms with Gasteiger partial charge in [-0.05, 0) is 24.6 Å². The van der Waals surface area contributed by atoms with Crippen molar-refractivity contribution in [2.24, 2.45) is 0 Å². The standard InChI is InChI=1S/C17H17N.ClH/c1-15(17-12-6-3-7-13-17)18-14-8-11-16-9-4-2-5-10-16;/h2-7,9-10,12-13,15,18H,14H2,1H3;1H. The third-order valence-electron chi connectivity index (χ3n) is 2.80. The highest BCUT2D eigenvalue weighted by Crippen LogP contribution is 2.10. The third kappa shape index (κ3) is 5.18. The summed E-state index contributed by atoms with van der Waals surface area (Å²) in [6.07, 6.45) is 0. The van der Waals surface area contributed by atoms with Crippen molar-refractivity contribution in [1.29, 1.82) is 0 Å². The van der Waals surface area contributed by atoms with Crippen LogP contribution in [-0.2, 0) is 0 Å². The van der Waals surface area contributed by atoms with Gasteiger partial charge in [-0.1, -0.05) is 60.4 Å². The molecular weight excluding hydrogens is 254 g/mol. The molecule has 0 radical (unpaired) electrons. The van der Waals surface area contributed by atoms with Crippen LogP contribution in [0.4, 0.5) is 0 Å². The lowest BCUT2D eigenvalue weighted by atomic mass is 10.1. The van der Waals surface area contributed by atoms with Gasteiger partial charge in [0.15, 0.2) is 0 Å². The summed E-state index contributed by atoms with van der Waals surface area (Å²) in [5.74, 6) is 6.28. The quantitative estimate of drug-likeness (QED) is 0.837. The summed E-state index contributed by atoms with van der Waals surface area (Å²) in [6, 6.07) is 20.8. The Bertz CT molecular complexity index is 525. The van der Waals surface area contributed by atoms with Gasteiger partial charge in [-0.3, -0.25) is 5.32 Å². The molecule has 1 atom stereocenters. The zero-order chi connectivity index (χ0) is 12.6. The third-order valence-corrected chi connectivity index (χ3v) is 2.80. The highest BCUT2D eigenvalue weighted by atomic mass is 35.5. The van der Waals surface area contributed by atoms with Crippen LogP contribution in [0.1, 0.15) is 24.1 Å². The van der Waals surface area contributed by atoms with Gasteiger partial charge in [0.1, 0.15) is 0 Å². The SMILES string of the molecule is CC(NCC#Cc1ccccc1)c1ccccc1.Cl. The van der Waals surface area contributed by atoms with Crippen molar-refractivity contribution in [1.82, 2.24) is 5.32 Å². The fourth-order valence-corrected chi connectivity index (χ4v) is 1.73. The second kappa shape index (κ2) is 8.37. The molecule has 0 bridgehead atoms. The predicted molar refractivity (Wildman–Crippen MR) is 83.4 cm³/mol. The molecule has 19 heavy (non-hydrogen) atoms. The Kier molecular flexibility index (Phi) is 6.74. The van der Waals surface area contributed by atoms with E-state index in [-0.39, 0.29) is 12.4 Å². The minimum Gasteiger partial charge on any atom is -0.300 e. The molecule has 2 aromatic carbocycles. The minimum absolute atomic E-state index is 0. The van der Waals surface area contributed by atoms with Gasteiger partial charge in [-0.15, -0.1) is 12.4 Å². The number of halogens is 1. The smallest absolute Gasteiger partial charge is 0.0584 e. The van der Waals surface area contributed by atoms with E-state index in [1.807, 2.05) is 36.4 Å². The number of benzene rings is 2. The molecular formula is C17H18ClN. The fourth-order valence-electron chi connectivity index (χ4n) is 1.73. The van der Waals surface area contributed by atoms with E-state index < -0.39 is 0 Å². The van der Waals surface area contributed by atoms with Crippen LogP contribution in [0.3, 0.4) is 0 Å². The largest absolute Gasteiger partial charge is 0.300 e.